The van der Waals surface area contributed by atoms with Crippen LogP contribution in [0.1, 0.15) is 56.3 Å². The van der Waals surface area contributed by atoms with Crippen molar-refractivity contribution < 1.29 is 9.53 Å². The van der Waals surface area contributed by atoms with E-state index in [9.17, 15) is 15.0 Å². The molecule has 0 radical (unpaired) electrons. The molecule has 0 N–H and O–H groups in total. The maximum Gasteiger partial charge on any atom is 0.341 e. The zero-order valence-corrected chi connectivity index (χ0v) is 18.1. The molecule has 2 aromatic heterocycles. The number of ether oxygens (including phenoxy) is 1. The third-order valence-corrected chi connectivity index (χ3v) is 4.90. The van der Waals surface area contributed by atoms with Gasteiger partial charge in [0.2, 0.25) is 6.04 Å². The molecule has 0 bridgehead atoms. The Morgan fingerprint density at radius 1 is 1.29 bits per heavy atom. The Morgan fingerprint density at radius 2 is 2.00 bits per heavy atom. The summed E-state index contributed by atoms with van der Waals surface area (Å²) in [7, 11) is 0. The van der Waals surface area contributed by atoms with Crippen molar-refractivity contribution in [2.24, 2.45) is 10.6 Å². The molecular weight excluding hydrogens is 394 g/mol. The van der Waals surface area contributed by atoms with E-state index in [0.717, 1.165) is 12.0 Å². The van der Waals surface area contributed by atoms with Crippen LogP contribution in [0.2, 0.25) is 0 Å². The van der Waals surface area contributed by atoms with Crippen LogP contribution in [0.25, 0.3) is 22.3 Å². The number of nitroso groups, excluding NO2 is 1. The van der Waals surface area contributed by atoms with E-state index in [1.165, 1.54) is 6.20 Å². The number of hydrogen-bond donors (Lipinski definition) is 0. The van der Waals surface area contributed by atoms with E-state index in [-0.39, 0.29) is 23.4 Å². The van der Waals surface area contributed by atoms with E-state index in [2.05, 4.69) is 35.9 Å². The highest BCUT2D eigenvalue weighted by molar-refractivity contribution is 6.05. The number of nitrogens with zero attached hydrogens (tertiary/aromatic N) is 5. The quantitative estimate of drug-likeness (QED) is 0.392. The van der Waals surface area contributed by atoms with Gasteiger partial charge in [0, 0.05) is 18.3 Å². The van der Waals surface area contributed by atoms with Gasteiger partial charge in [0.05, 0.1) is 17.8 Å². The molecule has 8 heteroatoms. The number of pyridine rings is 1. The first kappa shape index (κ1) is 22.1. The van der Waals surface area contributed by atoms with Gasteiger partial charge in [-0.2, -0.15) is 5.26 Å². The summed E-state index contributed by atoms with van der Waals surface area (Å²) in [5.41, 5.74) is 2.51. The van der Waals surface area contributed by atoms with Crippen LogP contribution in [-0.2, 0) is 11.3 Å². The average molecular weight is 419 g/mol. The van der Waals surface area contributed by atoms with Crippen molar-refractivity contribution in [3.63, 3.8) is 0 Å². The van der Waals surface area contributed by atoms with Gasteiger partial charge in [0.15, 0.2) is 5.82 Å². The SMILES string of the molecule is CCOC(=O)c1cnc(-c2ccccc2)c2nc(C(C#N)N=O)n(CCC(C)(C)C)c12. The minimum Gasteiger partial charge on any atom is -0.462 e. The Morgan fingerprint density at radius 3 is 2.58 bits per heavy atom. The van der Waals surface area contributed by atoms with E-state index < -0.39 is 12.0 Å². The van der Waals surface area contributed by atoms with Crippen LogP contribution in [-0.4, -0.2) is 27.1 Å². The van der Waals surface area contributed by atoms with Crippen molar-refractivity contribution in [3.8, 4) is 17.3 Å². The number of rotatable bonds is 7. The number of benzene rings is 1. The molecule has 0 saturated carbocycles. The summed E-state index contributed by atoms with van der Waals surface area (Å²) in [6.45, 7) is 8.66. The summed E-state index contributed by atoms with van der Waals surface area (Å²) in [4.78, 5) is 33.2. The van der Waals surface area contributed by atoms with Crippen LogP contribution in [0.4, 0.5) is 0 Å². The number of carbonyl (C=O) groups excluding carboxylic acids is 1. The molecule has 0 aliphatic carbocycles. The predicted octanol–water partition coefficient (Wildman–Crippen LogP) is 5.04. The normalized spacial score (nSPS) is 12.4. The van der Waals surface area contributed by atoms with Gasteiger partial charge < -0.3 is 9.30 Å². The van der Waals surface area contributed by atoms with Crippen LogP contribution in [0.5, 0.6) is 0 Å². The fraction of sp³-hybridized carbons (Fsp3) is 0.391. The summed E-state index contributed by atoms with van der Waals surface area (Å²) < 4.78 is 6.98. The highest BCUT2D eigenvalue weighted by Crippen LogP contribution is 2.33. The van der Waals surface area contributed by atoms with Gasteiger partial charge in [-0.3, -0.25) is 4.98 Å². The highest BCUT2D eigenvalue weighted by atomic mass is 16.5. The zero-order valence-electron chi connectivity index (χ0n) is 18.1. The second kappa shape index (κ2) is 9.04. The molecule has 3 rings (SSSR count). The van der Waals surface area contributed by atoms with E-state index in [1.54, 1.807) is 11.5 Å². The molecule has 8 nitrogen and oxygen atoms in total. The second-order valence-corrected chi connectivity index (χ2v) is 8.37. The van der Waals surface area contributed by atoms with Crippen molar-refractivity contribution >= 4 is 17.0 Å². The first-order chi connectivity index (χ1) is 14.8. The fourth-order valence-corrected chi connectivity index (χ4v) is 3.34. The average Bonchev–Trinajstić information content (AvgIpc) is 3.12. The number of fused-ring (bicyclic) bond motifs is 1. The number of aryl methyl sites for hydroxylation is 1. The Bertz CT molecular complexity index is 1140. The minimum atomic E-state index is -1.30. The molecular formula is C23H25N5O3. The lowest BCUT2D eigenvalue weighted by Gasteiger charge is -2.20. The van der Waals surface area contributed by atoms with Crippen molar-refractivity contribution in [3.05, 3.63) is 52.8 Å². The maximum absolute atomic E-state index is 12.7. The fourth-order valence-electron chi connectivity index (χ4n) is 3.34. The van der Waals surface area contributed by atoms with E-state index in [1.807, 2.05) is 36.4 Å². The van der Waals surface area contributed by atoms with Gasteiger partial charge in [-0.05, 0) is 23.9 Å². The topological polar surface area (TPSA) is 110 Å². The van der Waals surface area contributed by atoms with E-state index in [4.69, 9.17) is 4.74 Å². The van der Waals surface area contributed by atoms with Gasteiger partial charge in [-0.25, -0.2) is 9.78 Å². The lowest BCUT2D eigenvalue weighted by Crippen LogP contribution is -2.15. The van der Waals surface area contributed by atoms with Crippen LogP contribution in [0.15, 0.2) is 41.7 Å². The molecule has 0 aliphatic heterocycles. The first-order valence-electron chi connectivity index (χ1n) is 10.1. The summed E-state index contributed by atoms with van der Waals surface area (Å²) >= 11 is 0. The lowest BCUT2D eigenvalue weighted by atomic mass is 9.92. The number of hydrogen-bond acceptors (Lipinski definition) is 7. The van der Waals surface area contributed by atoms with Gasteiger partial charge in [0.25, 0.3) is 0 Å². The number of aromatic nitrogens is 3. The van der Waals surface area contributed by atoms with Gasteiger partial charge >= 0.3 is 5.97 Å². The van der Waals surface area contributed by atoms with Crippen LogP contribution in [0.3, 0.4) is 0 Å². The minimum absolute atomic E-state index is 0.0238. The molecule has 1 atom stereocenters. The number of carbonyl (C=O) groups is 1. The third-order valence-electron chi connectivity index (χ3n) is 4.90. The Hall–Kier alpha value is -3.60. The molecule has 1 unspecified atom stereocenters. The lowest BCUT2D eigenvalue weighted by molar-refractivity contribution is 0.0527. The van der Waals surface area contributed by atoms with Crippen molar-refractivity contribution in [2.45, 2.75) is 46.7 Å². The van der Waals surface area contributed by atoms with Crippen LogP contribution in [0, 0.1) is 21.7 Å². The molecule has 0 fully saturated rings. The summed E-state index contributed by atoms with van der Waals surface area (Å²) in [6.07, 6.45) is 2.20. The highest BCUT2D eigenvalue weighted by Gasteiger charge is 2.28. The first-order valence-corrected chi connectivity index (χ1v) is 10.1. The standard InChI is InChI=1S/C23H25N5O3/c1-5-31-22(29)16-14-25-18(15-9-7-6-8-10-15)19-20(16)28(12-11-23(2,3)4)21(26-19)17(13-24)27-30/h6-10,14,17H,5,11-12H2,1-4H3. The van der Waals surface area contributed by atoms with Gasteiger partial charge in [0.1, 0.15) is 17.1 Å². The third kappa shape index (κ3) is 4.61. The Balaban J connectivity index is 2.36. The van der Waals surface area contributed by atoms with Crippen molar-refractivity contribution in [2.75, 3.05) is 6.61 Å². The maximum atomic E-state index is 12.7. The molecule has 0 saturated heterocycles. The van der Waals surface area contributed by atoms with Crippen LogP contribution < -0.4 is 0 Å². The van der Waals surface area contributed by atoms with Gasteiger partial charge in [-0.15, -0.1) is 4.91 Å². The van der Waals surface area contributed by atoms with E-state index >= 15 is 0 Å². The monoisotopic (exact) mass is 419 g/mol. The molecule has 31 heavy (non-hydrogen) atoms. The Labute approximate surface area is 180 Å². The molecule has 3 aromatic rings. The molecule has 0 aliphatic rings. The number of esters is 1. The summed E-state index contributed by atoms with van der Waals surface area (Å²) in [6, 6.07) is 10.0. The smallest absolute Gasteiger partial charge is 0.341 e. The molecule has 1 aromatic carbocycles. The number of imidazole rings is 1. The second-order valence-electron chi connectivity index (χ2n) is 8.37. The predicted molar refractivity (Wildman–Crippen MR) is 117 cm³/mol. The molecule has 2 heterocycles. The van der Waals surface area contributed by atoms with Crippen LogP contribution >= 0.6 is 0 Å². The van der Waals surface area contributed by atoms with Crippen molar-refractivity contribution in [1.82, 2.24) is 14.5 Å². The number of nitriles is 1. The molecule has 0 amide bonds. The zero-order chi connectivity index (χ0) is 22.6. The summed E-state index contributed by atoms with van der Waals surface area (Å²) in [5.74, 6) is -0.330. The van der Waals surface area contributed by atoms with Crippen molar-refractivity contribution in [1.29, 1.82) is 5.26 Å². The Kier molecular flexibility index (Phi) is 6.44. The molecule has 160 valence electrons. The van der Waals surface area contributed by atoms with Gasteiger partial charge in [-0.1, -0.05) is 51.1 Å². The summed E-state index contributed by atoms with van der Waals surface area (Å²) in [5, 5.41) is 12.5. The largest absolute Gasteiger partial charge is 0.462 e. The van der Waals surface area contributed by atoms with E-state index in [0.29, 0.717) is 23.3 Å². The molecule has 0 spiro atoms.